The van der Waals surface area contributed by atoms with Crippen LogP contribution in [0.1, 0.15) is 32.3 Å². The maximum Gasteiger partial charge on any atom is 0.242 e. The lowest BCUT2D eigenvalue weighted by Gasteiger charge is -2.33. The van der Waals surface area contributed by atoms with E-state index < -0.39 is 5.41 Å². The summed E-state index contributed by atoms with van der Waals surface area (Å²) in [7, 11) is 0. The number of benzene rings is 1. The van der Waals surface area contributed by atoms with Gasteiger partial charge in [-0.3, -0.25) is 25.6 Å². The van der Waals surface area contributed by atoms with Crippen molar-refractivity contribution in [1.82, 2.24) is 10.6 Å². The molecular formula is C15H20N4O2. The van der Waals surface area contributed by atoms with E-state index in [-0.39, 0.29) is 17.8 Å². The zero-order valence-corrected chi connectivity index (χ0v) is 12.5. The van der Waals surface area contributed by atoms with E-state index in [1.807, 2.05) is 45.0 Å². The van der Waals surface area contributed by atoms with Crippen LogP contribution in [0.5, 0.6) is 0 Å². The van der Waals surface area contributed by atoms with Crippen molar-refractivity contribution in [3.63, 3.8) is 0 Å². The van der Waals surface area contributed by atoms with Crippen LogP contribution in [0.3, 0.4) is 0 Å². The third-order valence-electron chi connectivity index (χ3n) is 3.97. The van der Waals surface area contributed by atoms with E-state index in [2.05, 4.69) is 21.2 Å². The SMILES string of the molecule is CCC1(CC)C(=O)NC(=NNc2ccccc2C)NC1=O. The van der Waals surface area contributed by atoms with Gasteiger partial charge in [-0.25, -0.2) is 0 Å². The van der Waals surface area contributed by atoms with Crippen LogP contribution in [0.2, 0.25) is 0 Å². The minimum absolute atomic E-state index is 0.130. The third-order valence-corrected chi connectivity index (χ3v) is 3.97. The highest BCUT2D eigenvalue weighted by atomic mass is 16.2. The van der Waals surface area contributed by atoms with Gasteiger partial charge in [-0.2, -0.15) is 0 Å². The Labute approximate surface area is 124 Å². The molecule has 3 N–H and O–H groups in total. The molecule has 1 aliphatic heterocycles. The summed E-state index contributed by atoms with van der Waals surface area (Å²) >= 11 is 0. The predicted molar refractivity (Wildman–Crippen MR) is 81.5 cm³/mol. The Kier molecular flexibility index (Phi) is 4.26. The highest BCUT2D eigenvalue weighted by molar-refractivity contribution is 6.20. The average molecular weight is 288 g/mol. The van der Waals surface area contributed by atoms with E-state index in [1.165, 1.54) is 0 Å². The lowest BCUT2D eigenvalue weighted by Crippen LogP contribution is -2.62. The number of carbonyl (C=O) groups excluding carboxylic acids is 2. The summed E-state index contributed by atoms with van der Waals surface area (Å²) in [5.74, 6) is -0.478. The van der Waals surface area contributed by atoms with Gasteiger partial charge in [0.25, 0.3) is 0 Å². The molecule has 0 saturated carbocycles. The molecule has 0 unspecified atom stereocenters. The van der Waals surface area contributed by atoms with Crippen LogP contribution < -0.4 is 16.1 Å². The summed E-state index contributed by atoms with van der Waals surface area (Å²) in [5.41, 5.74) is 3.68. The van der Waals surface area contributed by atoms with E-state index in [9.17, 15) is 9.59 Å². The van der Waals surface area contributed by atoms with Crippen LogP contribution in [0.4, 0.5) is 5.69 Å². The minimum Gasteiger partial charge on any atom is -0.294 e. The standard InChI is InChI=1S/C15H20N4O2/c1-4-15(5-2)12(20)16-14(17-13(15)21)19-18-11-9-7-6-8-10(11)3/h6-9,18H,4-5H2,1-3H3,(H2,16,17,19,20,21). The number of hydrazone groups is 1. The lowest BCUT2D eigenvalue weighted by atomic mass is 9.79. The maximum absolute atomic E-state index is 12.2. The molecule has 1 fully saturated rings. The normalized spacial score (nSPS) is 17.0. The molecule has 1 aromatic carbocycles. The summed E-state index contributed by atoms with van der Waals surface area (Å²) in [6, 6.07) is 7.62. The second kappa shape index (κ2) is 5.95. The second-order valence-electron chi connectivity index (χ2n) is 5.08. The first-order valence-electron chi connectivity index (χ1n) is 7.05. The third kappa shape index (κ3) is 2.74. The van der Waals surface area contributed by atoms with E-state index in [4.69, 9.17) is 0 Å². The zero-order chi connectivity index (χ0) is 15.5. The van der Waals surface area contributed by atoms with Gasteiger partial charge in [0.2, 0.25) is 17.8 Å². The van der Waals surface area contributed by atoms with Crippen molar-refractivity contribution in [2.45, 2.75) is 33.6 Å². The zero-order valence-electron chi connectivity index (χ0n) is 12.5. The molecule has 6 nitrogen and oxygen atoms in total. The highest BCUT2D eigenvalue weighted by Gasteiger charge is 2.46. The highest BCUT2D eigenvalue weighted by Crippen LogP contribution is 2.28. The Morgan fingerprint density at radius 3 is 2.19 bits per heavy atom. The molecule has 21 heavy (non-hydrogen) atoms. The molecule has 1 aromatic rings. The molecule has 0 spiro atoms. The molecule has 112 valence electrons. The van der Waals surface area contributed by atoms with E-state index >= 15 is 0 Å². The van der Waals surface area contributed by atoms with Crippen molar-refractivity contribution in [3.05, 3.63) is 29.8 Å². The van der Waals surface area contributed by atoms with Crippen molar-refractivity contribution in [2.24, 2.45) is 10.5 Å². The molecule has 1 aliphatic rings. The minimum atomic E-state index is -0.998. The molecule has 6 heteroatoms. The fourth-order valence-corrected chi connectivity index (χ4v) is 2.35. The maximum atomic E-state index is 12.2. The number of rotatable bonds is 4. The number of carbonyl (C=O) groups is 2. The quantitative estimate of drug-likeness (QED) is 0.583. The van der Waals surface area contributed by atoms with Gasteiger partial charge < -0.3 is 0 Å². The molecule has 0 radical (unpaired) electrons. The van der Waals surface area contributed by atoms with Gasteiger partial charge in [0, 0.05) is 0 Å². The fourth-order valence-electron chi connectivity index (χ4n) is 2.35. The van der Waals surface area contributed by atoms with E-state index in [1.54, 1.807) is 0 Å². The number of nitrogens with one attached hydrogen (secondary N) is 3. The number of hydrogen-bond acceptors (Lipinski definition) is 4. The smallest absolute Gasteiger partial charge is 0.242 e. The Hall–Kier alpha value is -2.37. The first-order chi connectivity index (χ1) is 10.0. The van der Waals surface area contributed by atoms with E-state index in [0.717, 1.165) is 11.3 Å². The Morgan fingerprint density at radius 2 is 1.67 bits per heavy atom. The van der Waals surface area contributed by atoms with Gasteiger partial charge in [-0.1, -0.05) is 32.0 Å². The van der Waals surface area contributed by atoms with Crippen molar-refractivity contribution in [2.75, 3.05) is 5.43 Å². The largest absolute Gasteiger partial charge is 0.294 e. The Morgan fingerprint density at radius 1 is 1.10 bits per heavy atom. The number of amides is 2. The van der Waals surface area contributed by atoms with Crippen LogP contribution in [0.15, 0.2) is 29.4 Å². The van der Waals surface area contributed by atoms with Crippen LogP contribution >= 0.6 is 0 Å². The van der Waals surface area contributed by atoms with Gasteiger partial charge >= 0.3 is 0 Å². The number of para-hydroxylation sites is 1. The monoisotopic (exact) mass is 288 g/mol. The van der Waals surface area contributed by atoms with Gasteiger partial charge in [0.1, 0.15) is 5.41 Å². The molecule has 0 atom stereocenters. The molecular weight excluding hydrogens is 268 g/mol. The van der Waals surface area contributed by atoms with Crippen molar-refractivity contribution in [1.29, 1.82) is 0 Å². The summed E-state index contributed by atoms with van der Waals surface area (Å²) in [4.78, 5) is 24.4. The molecule has 0 bridgehead atoms. The lowest BCUT2D eigenvalue weighted by molar-refractivity contribution is -0.144. The molecule has 1 saturated heterocycles. The molecule has 0 aromatic heterocycles. The van der Waals surface area contributed by atoms with Crippen LogP contribution in [-0.4, -0.2) is 17.8 Å². The second-order valence-corrected chi connectivity index (χ2v) is 5.08. The van der Waals surface area contributed by atoms with Gasteiger partial charge in [-0.15, -0.1) is 5.10 Å². The van der Waals surface area contributed by atoms with Gasteiger partial charge in [0.15, 0.2) is 0 Å². The number of nitrogens with zero attached hydrogens (tertiary/aromatic N) is 1. The Bertz CT molecular complexity index is 569. The van der Waals surface area contributed by atoms with Crippen molar-refractivity contribution < 1.29 is 9.59 Å². The summed E-state index contributed by atoms with van der Waals surface area (Å²) < 4.78 is 0. The number of aryl methyl sites for hydroxylation is 1. The van der Waals surface area contributed by atoms with Crippen LogP contribution in [-0.2, 0) is 9.59 Å². The number of anilines is 1. The number of hydrogen-bond donors (Lipinski definition) is 3. The fraction of sp³-hybridized carbons (Fsp3) is 0.400. The van der Waals surface area contributed by atoms with Gasteiger partial charge in [-0.05, 0) is 31.4 Å². The Balaban J connectivity index is 2.15. The summed E-state index contributed by atoms with van der Waals surface area (Å²) in [5, 5.41) is 9.34. The van der Waals surface area contributed by atoms with Gasteiger partial charge in [0.05, 0.1) is 5.69 Å². The van der Waals surface area contributed by atoms with Crippen molar-refractivity contribution in [3.8, 4) is 0 Å². The summed E-state index contributed by atoms with van der Waals surface area (Å²) in [6.45, 7) is 5.60. The van der Waals surface area contributed by atoms with Crippen LogP contribution in [0, 0.1) is 12.3 Å². The predicted octanol–water partition coefficient (Wildman–Crippen LogP) is 1.73. The topological polar surface area (TPSA) is 82.6 Å². The average Bonchev–Trinajstić information content (AvgIpc) is 2.47. The molecule has 2 amide bonds. The van der Waals surface area contributed by atoms with E-state index in [0.29, 0.717) is 12.8 Å². The number of guanidine groups is 1. The summed E-state index contributed by atoms with van der Waals surface area (Å²) in [6.07, 6.45) is 0.916. The molecule has 0 aliphatic carbocycles. The van der Waals surface area contributed by atoms with Crippen molar-refractivity contribution >= 4 is 23.5 Å². The van der Waals surface area contributed by atoms with Crippen LogP contribution in [0.25, 0.3) is 0 Å². The molecule has 1 heterocycles. The molecule has 2 rings (SSSR count). The first-order valence-corrected chi connectivity index (χ1v) is 7.05. The first kappa shape index (κ1) is 15.0.